The number of nitrogens with two attached hydrogens (primary N) is 13. The van der Waals surface area contributed by atoms with Crippen LogP contribution in [0.3, 0.4) is 0 Å². The summed E-state index contributed by atoms with van der Waals surface area (Å²) in [6.45, 7) is -1.79. The van der Waals surface area contributed by atoms with Crippen molar-refractivity contribution in [1.82, 2.24) is 26.6 Å². The van der Waals surface area contributed by atoms with E-state index in [1.54, 1.807) is 18.2 Å². The lowest BCUT2D eigenvalue weighted by Crippen LogP contribution is -2.71. The number of hydrogen-bond donors (Lipinski definition) is 40. The molecule has 60 nitrogen and oxygen atoms in total. The van der Waals surface area contributed by atoms with Gasteiger partial charge in [-0.15, -0.1) is 0 Å². The summed E-state index contributed by atoms with van der Waals surface area (Å²) in [6.07, 6.45) is -42.5. The van der Waals surface area contributed by atoms with E-state index < -0.39 is 343 Å². The number of carbonyl (C=O) groups is 2. The first-order chi connectivity index (χ1) is 70.1. The van der Waals surface area contributed by atoms with E-state index in [2.05, 4.69) is 26.6 Å². The van der Waals surface area contributed by atoms with Gasteiger partial charge in [0, 0.05) is 103 Å². The molecule has 10 fully saturated rings. The van der Waals surface area contributed by atoms with Crippen molar-refractivity contribution in [2.75, 3.05) is 131 Å². The fraction of sp³-hybridized carbons (Fsp3) is 0.908. The molecule has 13 rings (SSSR count). The Morgan fingerprint density at radius 2 is 0.680 bits per heavy atom. The lowest BCUT2D eigenvalue weighted by Gasteiger charge is -2.47. The molecule has 49 atom stereocenters. The van der Waals surface area contributed by atoms with Crippen LogP contribution in [0, 0.1) is 17.8 Å². The lowest BCUT2D eigenvalue weighted by atomic mass is 9.75. The normalized spacial score (nSPS) is 44.0. The van der Waals surface area contributed by atoms with Gasteiger partial charge in [0.25, 0.3) is 5.91 Å². The average molecular weight is 2130 g/mol. The Morgan fingerprint density at radius 3 is 0.986 bits per heavy atom. The largest absolute Gasteiger partial charge is 0.467 e. The van der Waals surface area contributed by atoms with Gasteiger partial charge in [-0.25, -0.2) is 0 Å². The number of nitrogens with one attached hydrogen (secondary N) is 5. The van der Waals surface area contributed by atoms with E-state index in [-0.39, 0.29) is 117 Å². The number of aliphatic hydroxyl groups is 22. The van der Waals surface area contributed by atoms with Crippen LogP contribution in [0.4, 0.5) is 0 Å². The van der Waals surface area contributed by atoms with Crippen LogP contribution in [-0.2, 0) is 94.9 Å². The van der Waals surface area contributed by atoms with Crippen LogP contribution in [0.25, 0.3) is 0 Å². The van der Waals surface area contributed by atoms with Gasteiger partial charge >= 0.3 is 0 Å². The highest BCUT2D eigenvalue weighted by molar-refractivity contribution is 5.87. The molecule has 852 valence electrons. The van der Waals surface area contributed by atoms with Gasteiger partial charge in [0.15, 0.2) is 49.1 Å². The second-order valence-corrected chi connectivity index (χ2v) is 39.2. The smallest absolute Gasteiger partial charge is 0.254 e. The minimum Gasteiger partial charge on any atom is -0.467 e. The van der Waals surface area contributed by atoms with E-state index in [0.717, 1.165) is 0 Å². The van der Waals surface area contributed by atoms with Crippen molar-refractivity contribution in [3.8, 4) is 0 Å². The highest BCUT2D eigenvalue weighted by Crippen LogP contribution is 2.43. The molecule has 0 aromatic carbocycles. The average Bonchev–Trinajstić information content (AvgIpc) is 1.67. The number of Topliss-reactive ketones (excluding diaryl/α,β-unsaturated/α-hetero) is 1. The van der Waals surface area contributed by atoms with Gasteiger partial charge in [-0.1, -0.05) is 0 Å². The Labute approximate surface area is 846 Å². The van der Waals surface area contributed by atoms with Gasteiger partial charge in [-0.3, -0.25) is 9.59 Å². The Morgan fingerprint density at radius 1 is 0.374 bits per heavy atom. The van der Waals surface area contributed by atoms with Gasteiger partial charge in [0.05, 0.1) is 114 Å². The number of ketones is 1. The predicted octanol–water partition coefficient (Wildman–Crippen LogP) is -22.9. The van der Waals surface area contributed by atoms with Gasteiger partial charge in [-0.05, 0) is 75.0 Å². The van der Waals surface area contributed by atoms with E-state index in [9.17, 15) is 107 Å². The monoisotopic (exact) mass is 2130 g/mol. The molecule has 53 N–H and O–H groups in total. The summed E-state index contributed by atoms with van der Waals surface area (Å²) in [7, 11) is 0. The third kappa shape index (κ3) is 30.3. The molecular weight excluding hydrogens is 1970 g/mol. The van der Waals surface area contributed by atoms with Crippen molar-refractivity contribution in [3.63, 3.8) is 0 Å². The molecule has 147 heavy (non-hydrogen) atoms. The zero-order chi connectivity index (χ0) is 107. The number of aliphatic hydroxyl groups excluding tert-OH is 21. The molecule has 7 saturated heterocycles. The van der Waals surface area contributed by atoms with E-state index in [4.69, 9.17) is 175 Å². The van der Waals surface area contributed by atoms with E-state index in [1.807, 2.05) is 0 Å². The van der Waals surface area contributed by atoms with Crippen molar-refractivity contribution in [3.05, 3.63) is 35.5 Å². The molecule has 3 saturated carbocycles. The molecule has 0 radical (unpaired) electrons. The van der Waals surface area contributed by atoms with Crippen molar-refractivity contribution in [2.24, 2.45) is 92.3 Å². The molecule has 13 aliphatic rings. The van der Waals surface area contributed by atoms with Crippen molar-refractivity contribution in [1.29, 1.82) is 0 Å². The van der Waals surface area contributed by atoms with Crippen LogP contribution >= 0.6 is 0 Å². The first kappa shape index (κ1) is 123. The highest BCUT2D eigenvalue weighted by Gasteiger charge is 2.61. The summed E-state index contributed by atoms with van der Waals surface area (Å²) in [5.41, 5.74) is 77.5. The van der Waals surface area contributed by atoms with E-state index in [1.165, 1.54) is 0 Å². The molecule has 0 aromatic rings. The SMILES string of the molecule is NCC(O)C(=O)C[C@@H]1C[C@H](N)[C@@H](O[C@H]2OC(CNCCO)=CC[C@H]2N)[C@H](O[C@@H]2O[C@H](CO)[C@@H](O[C@H]3O[C@@H](CN)[C@@H](O)[C@H](O)[C@H]3N)[C@H]2O)[C@H]1O.NC[C@@H]1O[C@H](O[C@H]2[C@@H](O)[C@H](O[C@@H]3[C@@H](O)[C@H](CC(CO)CO)C[C@H](N)[C@H]3O[C@H]3OC(CNCCO)=CC[C@H]3N)O[C@@H]2CO)[C@H](N)[C@@H](O)[C@@H]1O.NC[C@@H]1O[C@H](O[C@H]2[C@@H](O)[C@H](O[C@@H]3[C@@H](O)[C@H](NC(=O)C4(O)CNC4)C[C@H](N)[C@H]3O[C@H]3OC(CNCCO)=CC[C@H]3N)O[C@@H]2CO)[C@H](N)[C@@H](O)[C@@H]1O. The molecule has 0 spiro atoms. The second kappa shape index (κ2) is 57.5. The van der Waals surface area contributed by atoms with E-state index in [0.29, 0.717) is 62.7 Å². The number of amides is 1. The topological polar surface area (TPSA) is 1040 Å². The molecule has 10 heterocycles. The van der Waals surface area contributed by atoms with Crippen LogP contribution in [0.5, 0.6) is 0 Å². The summed E-state index contributed by atoms with van der Waals surface area (Å²) in [5, 5.41) is 243. The molecule has 1 unspecified atom stereocenters. The molecule has 10 aliphatic heterocycles. The van der Waals surface area contributed by atoms with Gasteiger partial charge in [0.1, 0.15) is 176 Å². The van der Waals surface area contributed by atoms with E-state index >= 15 is 0 Å². The molecule has 1 amide bonds. The first-order valence-electron chi connectivity index (χ1n) is 49.7. The number of ether oxygens (including phenoxy) is 18. The maximum Gasteiger partial charge on any atom is 0.254 e. The quantitative estimate of drug-likeness (QED) is 0.0252. The third-order valence-electron chi connectivity index (χ3n) is 28.5. The predicted molar refractivity (Wildman–Crippen MR) is 498 cm³/mol. The molecular formula is C87H162N18O42. The maximum atomic E-state index is 12.9. The summed E-state index contributed by atoms with van der Waals surface area (Å²) in [5.74, 6) is -1.76. The standard InChI is InChI=1S/C29H53N7O14.C29H54N6O14.C29H55N5O14/c30-6-15-19(40)20(41)17(33)26(46-15)49-23-16(8-38)47-27(21(23)42)50-24-18(39)14(36-28(43)29(44)9-35-10-29)5-13(32)22(24)48-25-12(31)2-1-11(45-25)7-34-3-4-37;30-7-16(39)15(38)6-11-5-14(33)24(47-27-13(32)2-1-12(44-27)9-35-3-4-36)26(20(11)40)49-29-23(43)25(18(10-37)46-29)48-28-19(34)22(42)21(41)17(8-31)45-28;30-7-17-21(40)22(41)19(33)28(44-17)47-25-18(11-38)45-29(23(25)42)48-26-20(39)13(5-12(9-36)10-37)6-16(32)24(26)46-27-15(31)2-1-14(43-27)8-34-3-4-35/h1,12-27,34-35,37-42,44H,2-10,30-33H2,(H,36,43);1,11,13-14,16-29,35-37,39-43H,2-10,30-34H2;1,12-13,15-29,34-42H,2-11,30-33H2/t12-,13+,14-,15+,16-,17-,18+,19-,20-,21-,22-,23-,24-,25-,26-,27+;11-,13+,14-,16?,17-,18+,19+,20-,21+,22+,23+,24+,25+,26+,27+,28+,29-;13-,15-,16+,17+,18-,19-,20+,21-,22-,23-,24-,25-,26-,27-,28-,29+/m101/s1. The van der Waals surface area contributed by atoms with Gasteiger partial charge in [0.2, 0.25) is 18.9 Å². The van der Waals surface area contributed by atoms with Gasteiger partial charge in [-0.2, -0.15) is 0 Å². The third-order valence-corrected chi connectivity index (χ3v) is 28.5. The van der Waals surface area contributed by atoms with Crippen LogP contribution in [-0.4, -0.2) is 549 Å². The maximum absolute atomic E-state index is 12.9. The summed E-state index contributed by atoms with van der Waals surface area (Å²) >= 11 is 0. The molecule has 0 aromatic heterocycles. The number of rotatable bonds is 46. The van der Waals surface area contributed by atoms with Crippen LogP contribution in [0.1, 0.15) is 51.4 Å². The lowest BCUT2D eigenvalue weighted by molar-refractivity contribution is -0.283. The Bertz CT molecular complexity index is 4010. The van der Waals surface area contributed by atoms with Crippen molar-refractivity contribution < 1.29 is 207 Å². The minimum absolute atomic E-state index is 0.0156. The summed E-state index contributed by atoms with van der Waals surface area (Å²) in [6, 6.07) is -9.31. The number of hydrogen-bond acceptors (Lipinski definition) is 59. The fourth-order valence-corrected chi connectivity index (χ4v) is 19.7. The molecule has 60 heteroatoms. The van der Waals surface area contributed by atoms with Crippen LogP contribution < -0.4 is 101 Å². The summed E-state index contributed by atoms with van der Waals surface area (Å²) in [4.78, 5) is 25.5. The number of carbonyl (C=O) groups excluding carboxylic acids is 2. The highest BCUT2D eigenvalue weighted by atomic mass is 16.8. The fourth-order valence-electron chi connectivity index (χ4n) is 19.7. The Hall–Kier alpha value is -4.40. The second-order valence-electron chi connectivity index (χ2n) is 39.2. The molecule has 3 aliphatic carbocycles. The van der Waals surface area contributed by atoms with Crippen molar-refractivity contribution in [2.45, 2.75) is 345 Å². The zero-order valence-corrected chi connectivity index (χ0v) is 81.4. The minimum atomic E-state index is -1.68. The Balaban J connectivity index is 0.000000210. The summed E-state index contributed by atoms with van der Waals surface area (Å²) < 4.78 is 107. The van der Waals surface area contributed by atoms with Crippen LogP contribution in [0.2, 0.25) is 0 Å². The number of β-amino-alcohol motifs (C(OH)–C–C–N with tert-alkyl or cyclic N) is 1. The van der Waals surface area contributed by atoms with Crippen molar-refractivity contribution >= 4 is 11.7 Å². The first-order valence-corrected chi connectivity index (χ1v) is 49.7. The van der Waals surface area contributed by atoms with Gasteiger partial charge < -0.3 is 299 Å². The van der Waals surface area contributed by atoms with Crippen LogP contribution in [0.15, 0.2) is 35.5 Å². The Kier molecular flexibility index (Phi) is 48.0. The molecule has 0 bridgehead atoms. The zero-order valence-electron chi connectivity index (χ0n) is 81.4.